The van der Waals surface area contributed by atoms with E-state index in [-0.39, 0.29) is 12.0 Å². The molecule has 0 aliphatic rings. The Balaban J connectivity index is 2.98. The van der Waals surface area contributed by atoms with E-state index in [4.69, 9.17) is 11.6 Å². The fourth-order valence-electron chi connectivity index (χ4n) is 1.18. The molecular formula is C11H16ClNO3S. The van der Waals surface area contributed by atoms with E-state index in [1.807, 2.05) is 20.8 Å². The molecule has 0 atom stereocenters. The van der Waals surface area contributed by atoms with Crippen LogP contribution in [-0.4, -0.2) is 19.7 Å². The minimum absolute atomic E-state index is 0.0948. The van der Waals surface area contributed by atoms with Crippen LogP contribution < -0.4 is 0 Å². The van der Waals surface area contributed by atoms with Crippen molar-refractivity contribution in [1.82, 2.24) is 4.98 Å². The third-order valence-electron chi connectivity index (χ3n) is 2.03. The van der Waals surface area contributed by atoms with Crippen LogP contribution >= 0.6 is 11.6 Å². The average molecular weight is 278 g/mol. The standard InChI is InChI=1S/C11H16ClNO3S/c1-11(2,3)10-6-8(12)5-9(13-10)7-16-17(4,14)15/h5-6H,7H2,1-4H3. The monoisotopic (exact) mass is 277 g/mol. The van der Waals surface area contributed by atoms with Gasteiger partial charge in [-0.3, -0.25) is 9.17 Å². The molecule has 1 aromatic heterocycles. The highest BCUT2D eigenvalue weighted by Crippen LogP contribution is 2.24. The number of pyridine rings is 1. The molecule has 0 fully saturated rings. The van der Waals surface area contributed by atoms with Crippen molar-refractivity contribution >= 4 is 21.7 Å². The minimum atomic E-state index is -3.47. The summed E-state index contributed by atoms with van der Waals surface area (Å²) in [6.45, 7) is 5.93. The van der Waals surface area contributed by atoms with Crippen molar-refractivity contribution < 1.29 is 12.6 Å². The maximum Gasteiger partial charge on any atom is 0.264 e. The second-order valence-electron chi connectivity index (χ2n) is 4.88. The Morgan fingerprint density at radius 1 is 1.35 bits per heavy atom. The Labute approximate surface area is 107 Å². The van der Waals surface area contributed by atoms with Gasteiger partial charge in [0.2, 0.25) is 0 Å². The molecule has 1 heterocycles. The Morgan fingerprint density at radius 2 is 1.94 bits per heavy atom. The lowest BCUT2D eigenvalue weighted by Gasteiger charge is -2.18. The summed E-state index contributed by atoms with van der Waals surface area (Å²) in [5, 5.41) is 0.525. The Morgan fingerprint density at radius 3 is 2.41 bits per heavy atom. The highest BCUT2D eigenvalue weighted by atomic mass is 35.5. The largest absolute Gasteiger partial charge is 0.264 e. The third kappa shape index (κ3) is 5.02. The average Bonchev–Trinajstić information content (AvgIpc) is 2.11. The Hall–Kier alpha value is -0.650. The summed E-state index contributed by atoms with van der Waals surface area (Å²) in [5.74, 6) is 0. The van der Waals surface area contributed by atoms with Gasteiger partial charge in [0.05, 0.1) is 11.9 Å². The van der Waals surface area contributed by atoms with Gasteiger partial charge in [-0.1, -0.05) is 32.4 Å². The molecule has 0 bridgehead atoms. The normalized spacial score (nSPS) is 12.8. The van der Waals surface area contributed by atoms with Crippen molar-refractivity contribution in [2.45, 2.75) is 32.8 Å². The first-order valence-electron chi connectivity index (χ1n) is 5.09. The first-order valence-corrected chi connectivity index (χ1v) is 7.29. The highest BCUT2D eigenvalue weighted by molar-refractivity contribution is 7.85. The molecule has 0 saturated carbocycles. The first-order chi connectivity index (χ1) is 7.58. The lowest BCUT2D eigenvalue weighted by Crippen LogP contribution is -2.15. The first kappa shape index (κ1) is 14.4. The van der Waals surface area contributed by atoms with Gasteiger partial charge in [0.25, 0.3) is 10.1 Å². The number of aromatic nitrogens is 1. The van der Waals surface area contributed by atoms with Gasteiger partial charge < -0.3 is 0 Å². The van der Waals surface area contributed by atoms with E-state index < -0.39 is 10.1 Å². The fourth-order valence-corrected chi connectivity index (χ4v) is 1.74. The number of hydrogen-bond acceptors (Lipinski definition) is 4. The molecule has 0 amide bonds. The zero-order chi connectivity index (χ0) is 13.3. The van der Waals surface area contributed by atoms with Crippen LogP contribution in [0.5, 0.6) is 0 Å². The van der Waals surface area contributed by atoms with Gasteiger partial charge in [-0.15, -0.1) is 0 Å². The van der Waals surface area contributed by atoms with Crippen molar-refractivity contribution in [1.29, 1.82) is 0 Å². The molecule has 0 unspecified atom stereocenters. The Bertz CT molecular complexity index is 506. The molecule has 0 saturated heterocycles. The van der Waals surface area contributed by atoms with Crippen LogP contribution in [0.15, 0.2) is 12.1 Å². The Kier molecular flexibility index (Phi) is 4.17. The van der Waals surface area contributed by atoms with Gasteiger partial charge in [-0.25, -0.2) is 0 Å². The van der Waals surface area contributed by atoms with E-state index in [0.29, 0.717) is 10.7 Å². The van der Waals surface area contributed by atoms with Gasteiger partial charge in [-0.05, 0) is 12.1 Å². The van der Waals surface area contributed by atoms with E-state index in [9.17, 15) is 8.42 Å². The SMILES string of the molecule is CC(C)(C)c1cc(Cl)cc(COS(C)(=O)=O)n1. The summed E-state index contributed by atoms with van der Waals surface area (Å²) in [7, 11) is -3.47. The van der Waals surface area contributed by atoms with Crippen LogP contribution in [0.2, 0.25) is 5.02 Å². The van der Waals surface area contributed by atoms with E-state index in [2.05, 4.69) is 9.17 Å². The van der Waals surface area contributed by atoms with Crippen LogP contribution in [0.25, 0.3) is 0 Å². The maximum absolute atomic E-state index is 10.9. The zero-order valence-electron chi connectivity index (χ0n) is 10.3. The predicted octanol–water partition coefficient (Wildman–Crippen LogP) is 2.51. The second-order valence-corrected chi connectivity index (χ2v) is 6.96. The van der Waals surface area contributed by atoms with Gasteiger partial charge in [0.1, 0.15) is 6.61 Å². The van der Waals surface area contributed by atoms with E-state index >= 15 is 0 Å². The number of halogens is 1. The molecule has 1 aromatic rings. The molecule has 0 radical (unpaired) electrons. The summed E-state index contributed by atoms with van der Waals surface area (Å²) in [6.07, 6.45) is 1.00. The summed E-state index contributed by atoms with van der Waals surface area (Å²) in [4.78, 5) is 4.33. The van der Waals surface area contributed by atoms with Crippen LogP contribution in [-0.2, 0) is 26.3 Å². The summed E-state index contributed by atoms with van der Waals surface area (Å²) in [5.41, 5.74) is 1.16. The number of hydrogen-bond donors (Lipinski definition) is 0. The molecule has 0 N–H and O–H groups in total. The smallest absolute Gasteiger partial charge is 0.264 e. The molecular weight excluding hydrogens is 262 g/mol. The van der Waals surface area contributed by atoms with Gasteiger partial charge in [-0.2, -0.15) is 8.42 Å². The molecule has 0 aromatic carbocycles. The quantitative estimate of drug-likeness (QED) is 0.797. The molecule has 4 nitrogen and oxygen atoms in total. The van der Waals surface area contributed by atoms with E-state index in [0.717, 1.165) is 11.9 Å². The van der Waals surface area contributed by atoms with Crippen molar-refractivity contribution in [3.63, 3.8) is 0 Å². The van der Waals surface area contributed by atoms with Crippen LogP contribution in [0, 0.1) is 0 Å². The number of rotatable bonds is 3. The van der Waals surface area contributed by atoms with Gasteiger partial charge in [0, 0.05) is 16.1 Å². The van der Waals surface area contributed by atoms with E-state index in [1.54, 1.807) is 12.1 Å². The number of nitrogens with zero attached hydrogens (tertiary/aromatic N) is 1. The second kappa shape index (κ2) is 4.92. The lowest BCUT2D eigenvalue weighted by molar-refractivity contribution is 0.306. The van der Waals surface area contributed by atoms with Gasteiger partial charge >= 0.3 is 0 Å². The van der Waals surface area contributed by atoms with Crippen LogP contribution in [0.4, 0.5) is 0 Å². The molecule has 1 rings (SSSR count). The zero-order valence-corrected chi connectivity index (χ0v) is 11.9. The van der Waals surface area contributed by atoms with Crippen molar-refractivity contribution in [3.8, 4) is 0 Å². The maximum atomic E-state index is 10.9. The van der Waals surface area contributed by atoms with Gasteiger partial charge in [0.15, 0.2) is 0 Å². The van der Waals surface area contributed by atoms with E-state index in [1.165, 1.54) is 0 Å². The van der Waals surface area contributed by atoms with Crippen molar-refractivity contribution in [2.75, 3.05) is 6.26 Å². The van der Waals surface area contributed by atoms with Crippen LogP contribution in [0.1, 0.15) is 32.2 Å². The minimum Gasteiger partial charge on any atom is -0.264 e. The predicted molar refractivity (Wildman–Crippen MR) is 67.6 cm³/mol. The molecule has 0 aliphatic heterocycles. The lowest BCUT2D eigenvalue weighted by atomic mass is 9.91. The third-order valence-corrected chi connectivity index (χ3v) is 2.80. The molecule has 0 aliphatic carbocycles. The molecule has 6 heteroatoms. The van der Waals surface area contributed by atoms with Crippen molar-refractivity contribution in [2.24, 2.45) is 0 Å². The highest BCUT2D eigenvalue weighted by Gasteiger charge is 2.17. The summed E-state index contributed by atoms with van der Waals surface area (Å²) >= 11 is 5.96. The van der Waals surface area contributed by atoms with Crippen molar-refractivity contribution in [3.05, 3.63) is 28.5 Å². The summed E-state index contributed by atoms with van der Waals surface area (Å²) < 4.78 is 26.5. The topological polar surface area (TPSA) is 56.3 Å². The molecule has 0 spiro atoms. The fraction of sp³-hybridized carbons (Fsp3) is 0.545. The molecule has 17 heavy (non-hydrogen) atoms. The molecule has 96 valence electrons. The summed E-state index contributed by atoms with van der Waals surface area (Å²) in [6, 6.07) is 3.37. The van der Waals surface area contributed by atoms with Crippen LogP contribution in [0.3, 0.4) is 0 Å².